The van der Waals surface area contributed by atoms with Crippen LogP contribution in [0.25, 0.3) is 0 Å². The van der Waals surface area contributed by atoms with Crippen LogP contribution in [0, 0.1) is 5.92 Å². The SMILES string of the molecule is C=CC(=C\C=C\Cl)/C(C)=N\C(C)=C\C=C/C=C/N=CCCC(C)CC(=O)O. The van der Waals surface area contributed by atoms with Crippen molar-refractivity contribution in [2.75, 3.05) is 0 Å². The maximum absolute atomic E-state index is 10.6. The van der Waals surface area contributed by atoms with Crippen molar-refractivity contribution in [3.05, 3.63) is 72.1 Å². The lowest BCUT2D eigenvalue weighted by Crippen LogP contribution is -2.03. The molecular formula is C22H29ClN2O2. The molecule has 1 N–H and O–H groups in total. The number of carboxylic acid groups (broad SMARTS) is 1. The molecule has 0 aromatic heterocycles. The molecule has 0 saturated carbocycles. The summed E-state index contributed by atoms with van der Waals surface area (Å²) in [4.78, 5) is 19.2. The van der Waals surface area contributed by atoms with Crippen LogP contribution in [0.3, 0.4) is 0 Å². The maximum atomic E-state index is 10.6. The van der Waals surface area contributed by atoms with Crippen LogP contribution in [0.15, 0.2) is 82.1 Å². The first kappa shape index (κ1) is 24.5. The van der Waals surface area contributed by atoms with Gasteiger partial charge in [-0.1, -0.05) is 55.5 Å². The van der Waals surface area contributed by atoms with Crippen LogP contribution >= 0.6 is 11.6 Å². The number of aliphatic carboxylic acids is 1. The predicted octanol–water partition coefficient (Wildman–Crippen LogP) is 6.25. The van der Waals surface area contributed by atoms with Crippen molar-refractivity contribution in [2.45, 2.75) is 40.0 Å². The second-order valence-corrected chi connectivity index (χ2v) is 6.24. The highest BCUT2D eigenvalue weighted by Gasteiger charge is 2.05. The summed E-state index contributed by atoms with van der Waals surface area (Å²) in [5.74, 6) is -0.589. The van der Waals surface area contributed by atoms with E-state index in [-0.39, 0.29) is 12.3 Å². The molecule has 0 heterocycles. The summed E-state index contributed by atoms with van der Waals surface area (Å²) in [6.07, 6.45) is 18.1. The van der Waals surface area contributed by atoms with Gasteiger partial charge in [0.25, 0.3) is 0 Å². The molecule has 0 bridgehead atoms. The van der Waals surface area contributed by atoms with E-state index in [1.165, 1.54) is 5.54 Å². The fourth-order valence-electron chi connectivity index (χ4n) is 2.10. The van der Waals surface area contributed by atoms with Gasteiger partial charge < -0.3 is 5.11 Å². The lowest BCUT2D eigenvalue weighted by molar-refractivity contribution is -0.138. The van der Waals surface area contributed by atoms with Gasteiger partial charge in [0.05, 0.1) is 0 Å². The third-order valence-electron chi connectivity index (χ3n) is 3.48. The van der Waals surface area contributed by atoms with Crippen LogP contribution in [-0.2, 0) is 4.79 Å². The van der Waals surface area contributed by atoms with Crippen molar-refractivity contribution >= 4 is 29.5 Å². The van der Waals surface area contributed by atoms with Crippen molar-refractivity contribution in [2.24, 2.45) is 15.9 Å². The lowest BCUT2D eigenvalue weighted by Gasteiger charge is -2.04. The molecule has 0 aromatic rings. The van der Waals surface area contributed by atoms with E-state index in [2.05, 4.69) is 16.6 Å². The molecule has 0 aliphatic rings. The number of allylic oxidation sites excluding steroid dienone is 9. The van der Waals surface area contributed by atoms with Crippen molar-refractivity contribution in [3.8, 4) is 0 Å². The third kappa shape index (κ3) is 14.4. The van der Waals surface area contributed by atoms with Crippen molar-refractivity contribution in [1.29, 1.82) is 0 Å². The Kier molecular flexibility index (Phi) is 14.3. The number of hydrogen-bond acceptors (Lipinski definition) is 3. The van der Waals surface area contributed by atoms with Gasteiger partial charge in [-0.3, -0.25) is 14.8 Å². The van der Waals surface area contributed by atoms with Gasteiger partial charge in [-0.2, -0.15) is 0 Å². The number of carboxylic acids is 1. The Morgan fingerprint density at radius 1 is 1.19 bits per heavy atom. The van der Waals surface area contributed by atoms with Crippen LogP contribution in [-0.4, -0.2) is 23.0 Å². The van der Waals surface area contributed by atoms with Crippen molar-refractivity contribution in [1.82, 2.24) is 0 Å². The zero-order valence-electron chi connectivity index (χ0n) is 16.3. The highest BCUT2D eigenvalue weighted by Crippen LogP contribution is 2.09. The number of aliphatic imine (C=N–C) groups is 2. The predicted molar refractivity (Wildman–Crippen MR) is 118 cm³/mol. The summed E-state index contributed by atoms with van der Waals surface area (Å²) in [6.45, 7) is 9.55. The first-order valence-electron chi connectivity index (χ1n) is 8.79. The van der Waals surface area contributed by atoms with Crippen molar-refractivity contribution in [3.63, 3.8) is 0 Å². The normalized spacial score (nSPS) is 15.5. The van der Waals surface area contributed by atoms with Gasteiger partial charge >= 0.3 is 5.97 Å². The van der Waals surface area contributed by atoms with E-state index in [1.807, 2.05) is 51.2 Å². The van der Waals surface area contributed by atoms with Crippen LogP contribution < -0.4 is 0 Å². The molecule has 0 rings (SSSR count). The minimum Gasteiger partial charge on any atom is -0.481 e. The van der Waals surface area contributed by atoms with Crippen LogP contribution in [0.2, 0.25) is 0 Å². The zero-order valence-corrected chi connectivity index (χ0v) is 17.1. The average Bonchev–Trinajstić information content (AvgIpc) is 2.60. The molecule has 5 heteroatoms. The molecule has 0 aromatic carbocycles. The Bertz CT molecular complexity index is 680. The number of carbonyl (C=O) groups is 1. The molecule has 27 heavy (non-hydrogen) atoms. The van der Waals surface area contributed by atoms with Crippen LogP contribution in [0.4, 0.5) is 0 Å². The van der Waals surface area contributed by atoms with E-state index in [1.54, 1.807) is 24.6 Å². The fraction of sp³-hybridized carbons (Fsp3) is 0.318. The number of rotatable bonds is 12. The van der Waals surface area contributed by atoms with E-state index in [9.17, 15) is 4.79 Å². The highest BCUT2D eigenvalue weighted by atomic mass is 35.5. The molecule has 0 radical (unpaired) electrons. The van der Waals surface area contributed by atoms with Crippen LogP contribution in [0.1, 0.15) is 40.0 Å². The summed E-state index contributed by atoms with van der Waals surface area (Å²) in [7, 11) is 0. The number of hydrogen-bond donors (Lipinski definition) is 1. The second kappa shape index (κ2) is 15.8. The first-order chi connectivity index (χ1) is 12.9. The van der Waals surface area contributed by atoms with Gasteiger partial charge in [-0.15, -0.1) is 0 Å². The minimum atomic E-state index is -0.754. The van der Waals surface area contributed by atoms with Crippen LogP contribution in [0.5, 0.6) is 0 Å². The van der Waals surface area contributed by atoms with Gasteiger partial charge in [-0.05, 0) is 50.3 Å². The first-order valence-corrected chi connectivity index (χ1v) is 9.23. The Balaban J connectivity index is 4.44. The number of halogens is 1. The molecule has 0 aliphatic heterocycles. The highest BCUT2D eigenvalue weighted by molar-refractivity contribution is 6.25. The minimum absolute atomic E-state index is 0.164. The Morgan fingerprint density at radius 3 is 2.56 bits per heavy atom. The monoisotopic (exact) mass is 388 g/mol. The summed E-state index contributed by atoms with van der Waals surface area (Å²) in [5.41, 5.74) is 4.08. The van der Waals surface area contributed by atoms with Gasteiger partial charge in [0, 0.05) is 35.8 Å². The van der Waals surface area contributed by atoms with Crippen molar-refractivity contribution < 1.29 is 9.90 Å². The number of nitrogens with zero attached hydrogens (tertiary/aromatic N) is 2. The molecule has 1 unspecified atom stereocenters. The molecule has 0 spiro atoms. The van der Waals surface area contributed by atoms with Gasteiger partial charge in [0.1, 0.15) is 0 Å². The quantitative estimate of drug-likeness (QED) is 0.317. The molecule has 1 atom stereocenters. The molecule has 0 fully saturated rings. The second-order valence-electron chi connectivity index (χ2n) is 5.99. The molecule has 0 amide bonds. The molecule has 4 nitrogen and oxygen atoms in total. The van der Waals surface area contributed by atoms with Gasteiger partial charge in [-0.25, -0.2) is 0 Å². The lowest BCUT2D eigenvalue weighted by atomic mass is 10.0. The average molecular weight is 389 g/mol. The van der Waals surface area contributed by atoms with E-state index < -0.39 is 5.97 Å². The summed E-state index contributed by atoms with van der Waals surface area (Å²) in [6, 6.07) is 0. The fourth-order valence-corrected chi connectivity index (χ4v) is 2.17. The topological polar surface area (TPSA) is 62.0 Å². The summed E-state index contributed by atoms with van der Waals surface area (Å²) in [5, 5.41) is 8.69. The third-order valence-corrected chi connectivity index (χ3v) is 3.62. The Hall–Kier alpha value is -2.46. The Labute approximate surface area is 167 Å². The molecular weight excluding hydrogens is 360 g/mol. The van der Waals surface area contributed by atoms with Gasteiger partial charge in [0.15, 0.2) is 0 Å². The molecule has 0 aliphatic carbocycles. The van der Waals surface area contributed by atoms with E-state index in [0.717, 1.165) is 29.8 Å². The van der Waals surface area contributed by atoms with E-state index in [0.29, 0.717) is 0 Å². The Morgan fingerprint density at radius 2 is 1.93 bits per heavy atom. The van der Waals surface area contributed by atoms with E-state index in [4.69, 9.17) is 16.7 Å². The molecule has 0 saturated heterocycles. The smallest absolute Gasteiger partial charge is 0.303 e. The van der Waals surface area contributed by atoms with E-state index >= 15 is 0 Å². The largest absolute Gasteiger partial charge is 0.481 e. The summed E-state index contributed by atoms with van der Waals surface area (Å²) >= 11 is 5.53. The zero-order chi connectivity index (χ0) is 20.5. The molecule has 146 valence electrons. The maximum Gasteiger partial charge on any atom is 0.303 e. The standard InChI is InChI=1S/C22H29ClN2O2/c1-5-21(13-9-14-23)20(4)25-19(3)12-7-6-8-15-24-16-10-11-18(2)17-22(26)27/h5-9,12-16,18H,1,10-11,17H2,2-4H3,(H,26,27)/b7-6-,14-9+,15-8+,19-12+,21-13+,24-16?,25-20-. The summed E-state index contributed by atoms with van der Waals surface area (Å²) < 4.78 is 0. The van der Waals surface area contributed by atoms with Gasteiger partial charge in [0.2, 0.25) is 0 Å².